The van der Waals surface area contributed by atoms with Crippen LogP contribution in [0.15, 0.2) is 54.6 Å². The van der Waals surface area contributed by atoms with Crippen LogP contribution in [-0.4, -0.2) is 35.2 Å². The maximum absolute atomic E-state index is 14.2. The van der Waals surface area contributed by atoms with Gasteiger partial charge in [0.05, 0.1) is 13.0 Å². The molecule has 1 fully saturated rings. The molecule has 2 aromatic carbocycles. The molecule has 2 unspecified atom stereocenters. The Hall–Kier alpha value is -1.91. The number of hydrogen-bond donors (Lipinski definition) is 1. The summed E-state index contributed by atoms with van der Waals surface area (Å²) in [6, 6.07) is 18.2. The van der Waals surface area contributed by atoms with E-state index in [-0.39, 0.29) is 13.0 Å². The Morgan fingerprint density at radius 2 is 1.76 bits per heavy atom. The highest BCUT2D eigenvalue weighted by atomic mass is 19.2. The van der Waals surface area contributed by atoms with Crippen LogP contribution in [0.4, 0.5) is 4.39 Å². The van der Waals surface area contributed by atoms with E-state index in [1.807, 2.05) is 43.3 Å². The summed E-state index contributed by atoms with van der Waals surface area (Å²) in [6.07, 6.45) is 2.33. The molecule has 0 saturated carbocycles. The average Bonchev–Trinajstić information content (AvgIpc) is 2.83. The standard InChI is InChI=1S/C21H26FNO2/c1-3-21(15-20(22,24)16-23(21)2)25-19-12-8-7-11-18(19)14-13-17-9-5-4-6-10-17/h4-12,24H,3,13-16H2,1-2H3. The highest BCUT2D eigenvalue weighted by molar-refractivity contribution is 5.35. The monoisotopic (exact) mass is 343 g/mol. The van der Waals surface area contributed by atoms with Gasteiger partial charge in [-0.2, -0.15) is 0 Å². The number of benzene rings is 2. The maximum Gasteiger partial charge on any atom is 0.224 e. The molecule has 2 atom stereocenters. The molecule has 1 aliphatic heterocycles. The van der Waals surface area contributed by atoms with Crippen molar-refractivity contribution in [3.8, 4) is 5.75 Å². The summed E-state index contributed by atoms with van der Waals surface area (Å²) >= 11 is 0. The van der Waals surface area contributed by atoms with Crippen molar-refractivity contribution in [3.63, 3.8) is 0 Å². The molecule has 1 heterocycles. The zero-order chi connectivity index (χ0) is 17.9. The van der Waals surface area contributed by atoms with Crippen molar-refractivity contribution in [2.45, 2.75) is 44.2 Å². The predicted octanol–water partition coefficient (Wildman–Crippen LogP) is 3.95. The van der Waals surface area contributed by atoms with Gasteiger partial charge in [-0.1, -0.05) is 55.5 Å². The number of ether oxygens (including phenoxy) is 1. The van der Waals surface area contributed by atoms with Crippen LogP contribution in [0.25, 0.3) is 0 Å². The lowest BCUT2D eigenvalue weighted by atomic mass is 10.0. The number of alkyl halides is 1. The van der Waals surface area contributed by atoms with Gasteiger partial charge in [-0.05, 0) is 43.5 Å². The molecule has 1 N–H and O–H groups in total. The first-order valence-electron chi connectivity index (χ1n) is 8.87. The van der Waals surface area contributed by atoms with E-state index in [2.05, 4.69) is 18.2 Å². The van der Waals surface area contributed by atoms with Crippen molar-refractivity contribution in [2.24, 2.45) is 0 Å². The van der Waals surface area contributed by atoms with E-state index < -0.39 is 11.6 Å². The van der Waals surface area contributed by atoms with E-state index in [1.54, 1.807) is 11.9 Å². The number of nitrogens with zero attached hydrogens (tertiary/aromatic N) is 1. The van der Waals surface area contributed by atoms with E-state index in [9.17, 15) is 9.50 Å². The molecular formula is C21H26FNO2. The van der Waals surface area contributed by atoms with Gasteiger partial charge in [0.2, 0.25) is 5.85 Å². The molecule has 3 rings (SSSR count). The molecule has 0 amide bonds. The SMILES string of the molecule is CCC1(Oc2ccccc2CCc2ccccc2)CC(O)(F)CN1C. The highest BCUT2D eigenvalue weighted by Crippen LogP contribution is 2.40. The van der Waals surface area contributed by atoms with Crippen molar-refractivity contribution < 1.29 is 14.2 Å². The minimum absolute atomic E-state index is 0.0347. The van der Waals surface area contributed by atoms with Gasteiger partial charge >= 0.3 is 0 Å². The van der Waals surface area contributed by atoms with Crippen molar-refractivity contribution in [2.75, 3.05) is 13.6 Å². The number of likely N-dealkylation sites (tertiary alicyclic amines) is 1. The van der Waals surface area contributed by atoms with Gasteiger partial charge in [-0.15, -0.1) is 0 Å². The number of hydrogen-bond acceptors (Lipinski definition) is 3. The number of para-hydroxylation sites is 1. The molecule has 134 valence electrons. The molecule has 1 saturated heterocycles. The Bertz CT molecular complexity index is 704. The first kappa shape index (κ1) is 17.9. The number of β-amino-alcohol motifs (C(OH)–C–C–N with tert-alkyl or cyclic N) is 1. The quantitative estimate of drug-likeness (QED) is 0.862. The lowest BCUT2D eigenvalue weighted by Gasteiger charge is -2.35. The van der Waals surface area contributed by atoms with Crippen LogP contribution >= 0.6 is 0 Å². The second kappa shape index (κ2) is 7.14. The van der Waals surface area contributed by atoms with Crippen LogP contribution in [0.2, 0.25) is 0 Å². The molecule has 1 aliphatic rings. The first-order chi connectivity index (χ1) is 11.9. The molecule has 0 bridgehead atoms. The summed E-state index contributed by atoms with van der Waals surface area (Å²) in [6.45, 7) is 1.93. The summed E-state index contributed by atoms with van der Waals surface area (Å²) in [4.78, 5) is 1.78. The van der Waals surface area contributed by atoms with E-state index in [1.165, 1.54) is 5.56 Å². The summed E-state index contributed by atoms with van der Waals surface area (Å²) < 4.78 is 20.5. The smallest absolute Gasteiger partial charge is 0.224 e. The van der Waals surface area contributed by atoms with Crippen LogP contribution < -0.4 is 4.74 Å². The molecule has 2 aromatic rings. The fourth-order valence-corrected chi connectivity index (χ4v) is 3.64. The van der Waals surface area contributed by atoms with Gasteiger partial charge < -0.3 is 9.84 Å². The predicted molar refractivity (Wildman–Crippen MR) is 97.2 cm³/mol. The van der Waals surface area contributed by atoms with Crippen LogP contribution in [-0.2, 0) is 12.8 Å². The van der Waals surface area contributed by atoms with Crippen molar-refractivity contribution in [3.05, 3.63) is 65.7 Å². The Morgan fingerprint density at radius 1 is 1.08 bits per heavy atom. The first-order valence-corrected chi connectivity index (χ1v) is 8.87. The minimum Gasteiger partial charge on any atom is -0.472 e. The van der Waals surface area contributed by atoms with Crippen LogP contribution in [0, 0.1) is 0 Å². The van der Waals surface area contributed by atoms with Gasteiger partial charge in [0.15, 0.2) is 5.72 Å². The Morgan fingerprint density at radius 3 is 2.40 bits per heavy atom. The van der Waals surface area contributed by atoms with E-state index in [4.69, 9.17) is 4.74 Å². The third-order valence-electron chi connectivity index (χ3n) is 5.07. The largest absolute Gasteiger partial charge is 0.472 e. The van der Waals surface area contributed by atoms with E-state index in [0.29, 0.717) is 6.42 Å². The van der Waals surface area contributed by atoms with E-state index >= 15 is 0 Å². The molecule has 25 heavy (non-hydrogen) atoms. The second-order valence-electron chi connectivity index (χ2n) is 6.95. The summed E-state index contributed by atoms with van der Waals surface area (Å²) in [5.41, 5.74) is 1.56. The lowest BCUT2D eigenvalue weighted by molar-refractivity contribution is -0.0905. The fourth-order valence-electron chi connectivity index (χ4n) is 3.64. The number of halogens is 1. The molecule has 0 spiro atoms. The zero-order valence-electron chi connectivity index (χ0n) is 14.9. The molecule has 0 aromatic heterocycles. The number of rotatable bonds is 6. The Balaban J connectivity index is 1.78. The average molecular weight is 343 g/mol. The molecule has 0 radical (unpaired) electrons. The number of aliphatic hydroxyl groups is 1. The van der Waals surface area contributed by atoms with Gasteiger partial charge in [0.1, 0.15) is 5.75 Å². The number of aryl methyl sites for hydroxylation is 2. The Kier molecular flexibility index (Phi) is 5.11. The normalized spacial score (nSPS) is 26.7. The van der Waals surface area contributed by atoms with E-state index in [0.717, 1.165) is 24.2 Å². The van der Waals surface area contributed by atoms with Crippen molar-refractivity contribution >= 4 is 0 Å². The van der Waals surface area contributed by atoms with Gasteiger partial charge in [0, 0.05) is 0 Å². The third-order valence-corrected chi connectivity index (χ3v) is 5.07. The second-order valence-corrected chi connectivity index (χ2v) is 6.95. The molecule has 4 heteroatoms. The Labute approximate surface area is 149 Å². The molecular weight excluding hydrogens is 317 g/mol. The maximum atomic E-state index is 14.2. The summed E-state index contributed by atoms with van der Waals surface area (Å²) in [5, 5.41) is 9.84. The van der Waals surface area contributed by atoms with Gasteiger partial charge in [-0.3, -0.25) is 4.90 Å². The third kappa shape index (κ3) is 4.02. The number of likely N-dealkylation sites (N-methyl/N-ethyl adjacent to an activating group) is 1. The topological polar surface area (TPSA) is 32.7 Å². The highest BCUT2D eigenvalue weighted by Gasteiger charge is 2.53. The van der Waals surface area contributed by atoms with Crippen LogP contribution in [0.5, 0.6) is 5.75 Å². The molecule has 0 aliphatic carbocycles. The molecule has 3 nitrogen and oxygen atoms in total. The lowest BCUT2D eigenvalue weighted by Crippen LogP contribution is -2.46. The van der Waals surface area contributed by atoms with Crippen LogP contribution in [0.3, 0.4) is 0 Å². The van der Waals surface area contributed by atoms with Crippen molar-refractivity contribution in [1.29, 1.82) is 0 Å². The minimum atomic E-state index is -2.20. The van der Waals surface area contributed by atoms with Crippen molar-refractivity contribution in [1.82, 2.24) is 4.90 Å². The van der Waals surface area contributed by atoms with Crippen LogP contribution in [0.1, 0.15) is 30.9 Å². The van der Waals surface area contributed by atoms with Gasteiger partial charge in [-0.25, -0.2) is 4.39 Å². The summed E-state index contributed by atoms with van der Waals surface area (Å²) in [5.74, 6) is -1.44. The van der Waals surface area contributed by atoms with Gasteiger partial charge in [0.25, 0.3) is 0 Å². The summed E-state index contributed by atoms with van der Waals surface area (Å²) in [7, 11) is 1.80. The zero-order valence-corrected chi connectivity index (χ0v) is 14.9. The fraction of sp³-hybridized carbons (Fsp3) is 0.429.